The molecule has 3 nitrogen and oxygen atoms in total. The summed E-state index contributed by atoms with van der Waals surface area (Å²) in [4.78, 5) is 4.80. The van der Waals surface area contributed by atoms with Crippen LogP contribution in [0.15, 0.2) is 224 Å². The molecule has 4 heteroatoms. The summed E-state index contributed by atoms with van der Waals surface area (Å²) in [5.74, 6) is -0.0159. The number of rotatable bonds is 8. The molecular weight excluding hydrogens is 759 g/mol. The van der Waals surface area contributed by atoms with E-state index in [1.807, 2.05) is 0 Å². The zero-order valence-electron chi connectivity index (χ0n) is 33.4. The second kappa shape index (κ2) is 16.1. The van der Waals surface area contributed by atoms with Crippen molar-refractivity contribution in [1.29, 1.82) is 0 Å². The Morgan fingerprint density at radius 2 is 1.31 bits per heavy atom. The number of nitrogens with two attached hydrogens (primary N) is 2. The maximum Gasteiger partial charge on any atom is 0.140 e. The van der Waals surface area contributed by atoms with Crippen LogP contribution in [0.4, 0.5) is 0 Å². The third-order valence-electron chi connectivity index (χ3n) is 11.5. The van der Waals surface area contributed by atoms with Gasteiger partial charge in [0.15, 0.2) is 0 Å². The Balaban J connectivity index is 1.06. The largest absolute Gasteiger partial charge is 0.405 e. The molecule has 4 N–H and O–H groups in total. The molecule has 0 bridgehead atoms. The summed E-state index contributed by atoms with van der Waals surface area (Å²) in [5, 5.41) is 5.47. The van der Waals surface area contributed by atoms with E-state index in [0.717, 1.165) is 76.1 Å². The average Bonchev–Trinajstić information content (AvgIpc) is 3.65. The molecule has 0 saturated carbocycles. The highest BCUT2D eigenvalue weighted by Gasteiger charge is 2.22. The first-order valence-electron chi connectivity index (χ1n) is 20.4. The molecule has 1 aliphatic rings. The van der Waals surface area contributed by atoms with Crippen molar-refractivity contribution in [2.75, 3.05) is 0 Å². The van der Waals surface area contributed by atoms with Gasteiger partial charge in [-0.15, -0.1) is 17.1 Å². The minimum absolute atomic E-state index is 0.0159. The van der Waals surface area contributed by atoms with Crippen molar-refractivity contribution < 1.29 is 0 Å². The normalized spacial score (nSPS) is 14.5. The van der Waals surface area contributed by atoms with E-state index in [4.69, 9.17) is 23.0 Å². The number of allylic oxidation sites excluding steroid dienone is 6. The van der Waals surface area contributed by atoms with E-state index in [0.29, 0.717) is 5.70 Å². The summed E-state index contributed by atoms with van der Waals surface area (Å²) in [5.41, 5.74) is 30.7. The van der Waals surface area contributed by atoms with Crippen LogP contribution in [0.25, 0.3) is 82.0 Å². The van der Waals surface area contributed by atoms with Gasteiger partial charge in [-0.05, 0) is 138 Å². The topological polar surface area (TPSA) is 64.9 Å². The van der Waals surface area contributed by atoms with Gasteiger partial charge in [-0.3, -0.25) is 0 Å². The lowest BCUT2D eigenvalue weighted by Gasteiger charge is -2.20. The molecule has 290 valence electrons. The average molecular weight is 800 g/mol. The van der Waals surface area contributed by atoms with Crippen LogP contribution in [-0.2, 0) is 0 Å². The van der Waals surface area contributed by atoms with E-state index < -0.39 is 0 Å². The highest BCUT2D eigenvalue weighted by Crippen LogP contribution is 2.43. The van der Waals surface area contributed by atoms with Crippen molar-refractivity contribution in [2.24, 2.45) is 11.5 Å². The molecule has 0 radical (unpaired) electrons. The van der Waals surface area contributed by atoms with Gasteiger partial charge in [0, 0.05) is 11.5 Å². The minimum atomic E-state index is -0.0159. The lowest BCUT2D eigenvalue weighted by atomic mass is 9.83. The van der Waals surface area contributed by atoms with Gasteiger partial charge in [-0.1, -0.05) is 158 Å². The van der Waals surface area contributed by atoms with Crippen molar-refractivity contribution in [2.45, 2.75) is 5.92 Å². The van der Waals surface area contributed by atoms with Crippen LogP contribution >= 0.6 is 11.3 Å². The van der Waals surface area contributed by atoms with Crippen molar-refractivity contribution in [3.8, 4) is 33.4 Å². The molecule has 10 rings (SSSR count). The predicted molar refractivity (Wildman–Crippen MR) is 261 cm³/mol. The molecular formula is C57H41N3S. The smallest absolute Gasteiger partial charge is 0.140 e. The van der Waals surface area contributed by atoms with Gasteiger partial charge in [-0.25, -0.2) is 4.98 Å². The lowest BCUT2D eigenvalue weighted by molar-refractivity contribution is 1.04. The molecule has 1 aliphatic carbocycles. The Morgan fingerprint density at radius 1 is 0.623 bits per heavy atom. The minimum Gasteiger partial charge on any atom is -0.405 e. The Morgan fingerprint density at radius 3 is 2.15 bits per heavy atom. The van der Waals surface area contributed by atoms with Crippen LogP contribution in [0.1, 0.15) is 27.6 Å². The van der Waals surface area contributed by atoms with Crippen molar-refractivity contribution in [1.82, 2.24) is 4.98 Å². The Labute approximate surface area is 360 Å². The Hall–Kier alpha value is -7.75. The van der Waals surface area contributed by atoms with E-state index >= 15 is 0 Å². The number of thiazole rings is 1. The third kappa shape index (κ3) is 7.32. The van der Waals surface area contributed by atoms with E-state index in [1.54, 1.807) is 23.5 Å². The number of nitrogens with zero attached hydrogens (tertiary/aromatic N) is 1. The van der Waals surface area contributed by atoms with Crippen LogP contribution in [0.2, 0.25) is 0 Å². The molecule has 0 fully saturated rings. The fourth-order valence-electron chi connectivity index (χ4n) is 8.49. The first-order valence-corrected chi connectivity index (χ1v) is 21.2. The maximum absolute atomic E-state index is 6.30. The first kappa shape index (κ1) is 37.5. The molecule has 1 atom stereocenters. The maximum atomic E-state index is 6.30. The number of hydrogen-bond acceptors (Lipinski definition) is 4. The predicted octanol–water partition coefficient (Wildman–Crippen LogP) is 14.4. The quantitative estimate of drug-likeness (QED) is 0.119. The SMILES string of the molecule is C=C1C(c2cccc(-c3c(-c4cccc(-c5ccc6cc7nc(/C(N)=C/C=C\N)sc7cc6c5)c4)ccc4ccccc34)c2)=C=CC(c2ccccc2)=C[C@H]1c1ccccc1. The monoisotopic (exact) mass is 799 g/mol. The molecule has 0 saturated heterocycles. The van der Waals surface area contributed by atoms with Gasteiger partial charge >= 0.3 is 0 Å². The molecule has 1 aromatic heterocycles. The van der Waals surface area contributed by atoms with Gasteiger partial charge in [0.25, 0.3) is 0 Å². The van der Waals surface area contributed by atoms with Crippen molar-refractivity contribution >= 4 is 59.9 Å². The lowest BCUT2D eigenvalue weighted by Crippen LogP contribution is -2.01. The molecule has 61 heavy (non-hydrogen) atoms. The van der Waals surface area contributed by atoms with Crippen LogP contribution in [0.5, 0.6) is 0 Å². The molecule has 0 amide bonds. The summed E-state index contributed by atoms with van der Waals surface area (Å²) < 4.78 is 1.09. The van der Waals surface area contributed by atoms with Gasteiger partial charge in [-0.2, -0.15) is 0 Å². The third-order valence-corrected chi connectivity index (χ3v) is 12.6. The number of benzene rings is 8. The van der Waals surface area contributed by atoms with Gasteiger partial charge in [0.1, 0.15) is 5.01 Å². The van der Waals surface area contributed by atoms with Crippen LogP contribution in [-0.4, -0.2) is 4.98 Å². The van der Waals surface area contributed by atoms with Gasteiger partial charge < -0.3 is 11.5 Å². The summed E-state index contributed by atoms with van der Waals surface area (Å²) in [6, 6.07) is 63.2. The van der Waals surface area contributed by atoms with Crippen LogP contribution in [0, 0.1) is 0 Å². The molecule has 9 aromatic rings. The molecule has 0 unspecified atom stereocenters. The number of hydrogen-bond donors (Lipinski definition) is 2. The van der Waals surface area contributed by atoms with Crippen LogP contribution < -0.4 is 11.5 Å². The highest BCUT2D eigenvalue weighted by atomic mass is 32.1. The van der Waals surface area contributed by atoms with E-state index in [9.17, 15) is 0 Å². The van der Waals surface area contributed by atoms with Crippen molar-refractivity contribution in [3.63, 3.8) is 0 Å². The summed E-state index contributed by atoms with van der Waals surface area (Å²) in [7, 11) is 0. The Kier molecular flexibility index (Phi) is 9.92. The molecule has 8 aromatic carbocycles. The second-order valence-electron chi connectivity index (χ2n) is 15.3. The van der Waals surface area contributed by atoms with Gasteiger partial charge in [0.2, 0.25) is 0 Å². The standard InChI is InChI=1S/C57H41N3S/c1-37-49(28-27-43(38-13-4-2-5-14-38)34-52(37)39-15-6-3-7-16-39)45-19-11-21-47(33-45)56-50-22-9-8-17-40(50)26-29-51(56)46-20-10-18-41(31-46)42-24-25-44-35-54-55(36-48(44)32-42)61-57(60-54)53(59)23-12-30-58/h2-27,29-36,52H,1,58-59H2/b30-12-,53-23-/t52-/m1/s1. The van der Waals surface area contributed by atoms with E-state index in [-0.39, 0.29) is 5.92 Å². The molecule has 1 heterocycles. The zero-order chi connectivity index (χ0) is 41.3. The van der Waals surface area contributed by atoms with Gasteiger partial charge in [0.05, 0.1) is 15.9 Å². The number of aromatic nitrogens is 1. The summed E-state index contributed by atoms with van der Waals surface area (Å²) in [6.45, 7) is 4.75. The van der Waals surface area contributed by atoms with Crippen molar-refractivity contribution in [3.05, 3.63) is 246 Å². The number of fused-ring (bicyclic) bond motifs is 3. The van der Waals surface area contributed by atoms with Crippen LogP contribution in [0.3, 0.4) is 0 Å². The van der Waals surface area contributed by atoms with E-state index in [2.05, 4.69) is 194 Å². The molecule has 0 aliphatic heterocycles. The fourth-order valence-corrected chi connectivity index (χ4v) is 9.42. The Bertz CT molecular complexity index is 3320. The second-order valence-corrected chi connectivity index (χ2v) is 16.4. The first-order chi connectivity index (χ1) is 30.0. The highest BCUT2D eigenvalue weighted by molar-refractivity contribution is 7.19. The van der Waals surface area contributed by atoms with E-state index in [1.165, 1.54) is 33.7 Å². The summed E-state index contributed by atoms with van der Waals surface area (Å²) >= 11 is 1.59. The zero-order valence-corrected chi connectivity index (χ0v) is 34.2. The molecule has 0 spiro atoms. The summed E-state index contributed by atoms with van der Waals surface area (Å²) in [6.07, 6.45) is 9.43. The fraction of sp³-hybridized carbons (Fsp3) is 0.0175.